The molecule has 0 aliphatic carbocycles. The van der Waals surface area contributed by atoms with Gasteiger partial charge in [-0.25, -0.2) is 4.98 Å². The van der Waals surface area contributed by atoms with Gasteiger partial charge in [-0.05, 0) is 6.92 Å². The zero-order valence-corrected chi connectivity index (χ0v) is 6.74. The van der Waals surface area contributed by atoms with E-state index in [1.165, 1.54) is 18.6 Å². The minimum Gasteiger partial charge on any atom is -0.325 e. The van der Waals surface area contributed by atoms with E-state index in [1.54, 1.807) is 6.92 Å². The number of nitrogens with one attached hydrogen (secondary N) is 1. The highest BCUT2D eigenvalue weighted by Gasteiger charge is 2.04. The molecule has 1 aromatic heterocycles. The van der Waals surface area contributed by atoms with Crippen LogP contribution in [0, 0.1) is 0 Å². The molecule has 0 unspecified atom stereocenters. The summed E-state index contributed by atoms with van der Waals surface area (Å²) in [5.74, 6) is -0.282. The van der Waals surface area contributed by atoms with Crippen molar-refractivity contribution in [3.63, 3.8) is 0 Å². The lowest BCUT2D eigenvalue weighted by molar-refractivity contribution is 0.0961. The largest absolute Gasteiger partial charge is 0.325 e. The number of carbonyl (C=O) groups excluding carboxylic acids is 1. The van der Waals surface area contributed by atoms with Crippen molar-refractivity contribution in [2.75, 3.05) is 0 Å². The van der Waals surface area contributed by atoms with Gasteiger partial charge in [0.1, 0.15) is 5.69 Å². The molecule has 4 heteroatoms. The maximum Gasteiger partial charge on any atom is 0.275 e. The third-order valence-corrected chi connectivity index (χ3v) is 1.12. The summed E-state index contributed by atoms with van der Waals surface area (Å²) in [7, 11) is 0. The first-order valence-corrected chi connectivity index (χ1v) is 3.43. The molecule has 1 aromatic rings. The van der Waals surface area contributed by atoms with E-state index < -0.39 is 0 Å². The van der Waals surface area contributed by atoms with Crippen LogP contribution in [0.1, 0.15) is 17.4 Å². The van der Waals surface area contributed by atoms with Crippen molar-refractivity contribution >= 4 is 5.91 Å². The summed E-state index contributed by atoms with van der Waals surface area (Å²) < 4.78 is 0. The summed E-state index contributed by atoms with van der Waals surface area (Å²) >= 11 is 0. The van der Waals surface area contributed by atoms with E-state index in [0.717, 1.165) is 0 Å². The predicted octanol–water partition coefficient (Wildman–Crippen LogP) is 0.740. The first-order valence-electron chi connectivity index (χ1n) is 3.43. The molecule has 1 N–H and O–H groups in total. The van der Waals surface area contributed by atoms with Crippen LogP contribution < -0.4 is 5.32 Å². The van der Waals surface area contributed by atoms with Crippen LogP contribution in [0.25, 0.3) is 0 Å². The van der Waals surface area contributed by atoms with Crippen molar-refractivity contribution in [1.82, 2.24) is 15.3 Å². The second-order valence-electron chi connectivity index (χ2n) is 2.33. The lowest BCUT2D eigenvalue weighted by Gasteiger charge is -2.00. The fraction of sp³-hybridized carbons (Fsp3) is 0.125. The Kier molecular flexibility index (Phi) is 2.53. The zero-order valence-electron chi connectivity index (χ0n) is 6.74. The molecule has 0 aliphatic heterocycles. The number of hydrogen-bond acceptors (Lipinski definition) is 3. The molecule has 0 atom stereocenters. The molecule has 4 nitrogen and oxygen atoms in total. The van der Waals surface area contributed by atoms with E-state index in [-0.39, 0.29) is 5.91 Å². The molecule has 1 heterocycles. The normalized spacial score (nSPS) is 9.08. The molecule has 1 amide bonds. The van der Waals surface area contributed by atoms with Gasteiger partial charge in [-0.2, -0.15) is 0 Å². The zero-order chi connectivity index (χ0) is 8.97. The Labute approximate surface area is 70.4 Å². The number of amides is 1. The second kappa shape index (κ2) is 3.61. The van der Waals surface area contributed by atoms with Crippen LogP contribution in [0.3, 0.4) is 0 Å². The molecule has 0 saturated carbocycles. The maximum absolute atomic E-state index is 11.2. The minimum atomic E-state index is -0.282. The highest BCUT2D eigenvalue weighted by Crippen LogP contribution is 1.91. The maximum atomic E-state index is 11.2. The van der Waals surface area contributed by atoms with Gasteiger partial charge in [0.2, 0.25) is 0 Å². The van der Waals surface area contributed by atoms with Gasteiger partial charge in [-0.3, -0.25) is 9.78 Å². The summed E-state index contributed by atoms with van der Waals surface area (Å²) in [6, 6.07) is 0. The van der Waals surface area contributed by atoms with Gasteiger partial charge >= 0.3 is 0 Å². The lowest BCUT2D eigenvalue weighted by atomic mass is 10.4. The first kappa shape index (κ1) is 8.39. The lowest BCUT2D eigenvalue weighted by Crippen LogP contribution is -2.21. The van der Waals surface area contributed by atoms with Crippen molar-refractivity contribution in [3.05, 3.63) is 36.6 Å². The van der Waals surface area contributed by atoms with Crippen molar-refractivity contribution in [2.24, 2.45) is 0 Å². The highest BCUT2D eigenvalue weighted by atomic mass is 16.1. The molecule has 0 fully saturated rings. The van der Waals surface area contributed by atoms with E-state index in [0.29, 0.717) is 11.4 Å². The van der Waals surface area contributed by atoms with Crippen LogP contribution in [0.2, 0.25) is 0 Å². The Morgan fingerprint density at radius 1 is 1.58 bits per heavy atom. The summed E-state index contributed by atoms with van der Waals surface area (Å²) in [5, 5.41) is 2.52. The highest BCUT2D eigenvalue weighted by molar-refractivity contribution is 5.92. The van der Waals surface area contributed by atoms with E-state index in [2.05, 4.69) is 21.9 Å². The van der Waals surface area contributed by atoms with Crippen LogP contribution in [-0.2, 0) is 0 Å². The Morgan fingerprint density at radius 3 is 2.83 bits per heavy atom. The van der Waals surface area contributed by atoms with Crippen LogP contribution >= 0.6 is 0 Å². The molecule has 0 spiro atoms. The van der Waals surface area contributed by atoms with Gasteiger partial charge < -0.3 is 5.32 Å². The Morgan fingerprint density at radius 2 is 2.33 bits per heavy atom. The number of rotatable bonds is 2. The summed E-state index contributed by atoms with van der Waals surface area (Å²) in [4.78, 5) is 18.8. The number of nitrogens with zero attached hydrogens (tertiary/aromatic N) is 2. The van der Waals surface area contributed by atoms with E-state index in [4.69, 9.17) is 0 Å². The smallest absolute Gasteiger partial charge is 0.275 e. The summed E-state index contributed by atoms with van der Waals surface area (Å²) in [6.07, 6.45) is 4.38. The average Bonchev–Trinajstić information content (AvgIpc) is 2.05. The topological polar surface area (TPSA) is 54.9 Å². The molecule has 0 saturated heterocycles. The van der Waals surface area contributed by atoms with Gasteiger partial charge in [0.15, 0.2) is 0 Å². The van der Waals surface area contributed by atoms with Crippen molar-refractivity contribution in [1.29, 1.82) is 0 Å². The SMILES string of the molecule is C=C(C)NC(=O)c1cnccn1. The quantitative estimate of drug-likeness (QED) is 0.699. The predicted molar refractivity (Wildman–Crippen MR) is 44.3 cm³/mol. The van der Waals surface area contributed by atoms with Crippen LogP contribution in [0.5, 0.6) is 0 Å². The van der Waals surface area contributed by atoms with Gasteiger partial charge in [0.25, 0.3) is 5.91 Å². The van der Waals surface area contributed by atoms with E-state index in [9.17, 15) is 4.79 Å². The van der Waals surface area contributed by atoms with Crippen LogP contribution in [0.4, 0.5) is 0 Å². The summed E-state index contributed by atoms with van der Waals surface area (Å²) in [6.45, 7) is 5.24. The molecule has 1 rings (SSSR count). The Bertz CT molecular complexity index is 294. The minimum absolute atomic E-state index is 0.282. The van der Waals surface area contributed by atoms with E-state index in [1.807, 2.05) is 0 Å². The molecule has 0 radical (unpaired) electrons. The molecule has 0 aromatic carbocycles. The van der Waals surface area contributed by atoms with E-state index >= 15 is 0 Å². The second-order valence-corrected chi connectivity index (χ2v) is 2.33. The number of allylic oxidation sites excluding steroid dienone is 1. The average molecular weight is 163 g/mol. The van der Waals surface area contributed by atoms with Crippen molar-refractivity contribution in [3.8, 4) is 0 Å². The summed E-state index contributed by atoms with van der Waals surface area (Å²) in [5.41, 5.74) is 0.881. The number of carbonyl (C=O) groups is 1. The van der Waals surface area contributed by atoms with Gasteiger partial charge in [0, 0.05) is 18.1 Å². The standard InChI is InChI=1S/C8H9N3O/c1-6(2)11-8(12)7-5-9-3-4-10-7/h3-5H,1H2,2H3,(H,11,12). The van der Waals surface area contributed by atoms with Crippen LogP contribution in [-0.4, -0.2) is 15.9 Å². The fourth-order valence-corrected chi connectivity index (χ4v) is 0.674. The van der Waals surface area contributed by atoms with Gasteiger partial charge in [-0.15, -0.1) is 0 Å². The van der Waals surface area contributed by atoms with Crippen LogP contribution in [0.15, 0.2) is 30.9 Å². The molecule has 62 valence electrons. The monoisotopic (exact) mass is 163 g/mol. The third-order valence-electron chi connectivity index (χ3n) is 1.12. The van der Waals surface area contributed by atoms with Gasteiger partial charge in [-0.1, -0.05) is 6.58 Å². The molecule has 0 aliphatic rings. The molecule has 12 heavy (non-hydrogen) atoms. The van der Waals surface area contributed by atoms with Crippen molar-refractivity contribution in [2.45, 2.75) is 6.92 Å². The Hall–Kier alpha value is -1.71. The number of hydrogen-bond donors (Lipinski definition) is 1. The fourth-order valence-electron chi connectivity index (χ4n) is 0.674. The number of aromatic nitrogens is 2. The first-order chi connectivity index (χ1) is 5.70. The third kappa shape index (κ3) is 2.16. The molecular formula is C8H9N3O. The van der Waals surface area contributed by atoms with Gasteiger partial charge in [0.05, 0.1) is 6.20 Å². The van der Waals surface area contributed by atoms with Crippen molar-refractivity contribution < 1.29 is 4.79 Å². The molecular weight excluding hydrogens is 154 g/mol. The molecule has 0 bridgehead atoms. The Balaban J connectivity index is 2.73.